The van der Waals surface area contributed by atoms with Crippen LogP contribution in [0, 0.1) is 6.92 Å². The number of carbonyl (C=O) groups excluding carboxylic acids is 1. The molecule has 0 radical (unpaired) electrons. The van der Waals surface area contributed by atoms with Gasteiger partial charge in [0.25, 0.3) is 0 Å². The van der Waals surface area contributed by atoms with Gasteiger partial charge in [-0.2, -0.15) is 0 Å². The summed E-state index contributed by atoms with van der Waals surface area (Å²) in [5, 5.41) is 9.37. The lowest BCUT2D eigenvalue weighted by Gasteiger charge is -2.35. The minimum atomic E-state index is -0.309. The van der Waals surface area contributed by atoms with Crippen molar-refractivity contribution in [2.75, 3.05) is 32.7 Å². The van der Waals surface area contributed by atoms with Gasteiger partial charge in [-0.05, 0) is 25.5 Å². The molecule has 0 spiro atoms. The highest BCUT2D eigenvalue weighted by Gasteiger charge is 2.21. The minimum Gasteiger partial charge on any atom is -0.392 e. The van der Waals surface area contributed by atoms with Gasteiger partial charge < -0.3 is 10.0 Å². The van der Waals surface area contributed by atoms with Crippen LogP contribution in [-0.2, 0) is 11.2 Å². The molecule has 2 heterocycles. The van der Waals surface area contributed by atoms with Gasteiger partial charge in [-0.25, -0.2) is 0 Å². The second-order valence-electron chi connectivity index (χ2n) is 5.52. The third-order valence-corrected chi connectivity index (χ3v) is 3.58. The Bertz CT molecular complexity index is 437. The first kappa shape index (κ1) is 14.9. The van der Waals surface area contributed by atoms with E-state index in [4.69, 9.17) is 0 Å². The van der Waals surface area contributed by atoms with Gasteiger partial charge >= 0.3 is 0 Å². The van der Waals surface area contributed by atoms with E-state index in [0.717, 1.165) is 37.4 Å². The quantitative estimate of drug-likeness (QED) is 0.868. The normalized spacial score (nSPS) is 18.1. The van der Waals surface area contributed by atoms with Crippen molar-refractivity contribution >= 4 is 5.91 Å². The average Bonchev–Trinajstić information content (AvgIpc) is 2.41. The van der Waals surface area contributed by atoms with Crippen LogP contribution >= 0.6 is 0 Å². The van der Waals surface area contributed by atoms with Crippen molar-refractivity contribution < 1.29 is 9.90 Å². The number of aliphatic hydroxyl groups is 1. The fourth-order valence-electron chi connectivity index (χ4n) is 2.44. The lowest BCUT2D eigenvalue weighted by atomic mass is 10.1. The number of hydrogen-bond acceptors (Lipinski definition) is 4. The number of carbonyl (C=O) groups is 1. The van der Waals surface area contributed by atoms with E-state index in [0.29, 0.717) is 13.0 Å². The molecule has 1 amide bonds. The third-order valence-electron chi connectivity index (χ3n) is 3.58. The van der Waals surface area contributed by atoms with Gasteiger partial charge in [0.1, 0.15) is 0 Å². The van der Waals surface area contributed by atoms with E-state index in [1.54, 1.807) is 13.1 Å². The molecule has 2 rings (SSSR count). The Hall–Kier alpha value is -1.46. The second kappa shape index (κ2) is 6.81. The van der Waals surface area contributed by atoms with Gasteiger partial charge in [0.05, 0.1) is 12.5 Å². The van der Waals surface area contributed by atoms with E-state index < -0.39 is 0 Å². The van der Waals surface area contributed by atoms with Crippen LogP contribution in [0.2, 0.25) is 0 Å². The first-order chi connectivity index (χ1) is 9.54. The summed E-state index contributed by atoms with van der Waals surface area (Å²) < 4.78 is 0. The molecule has 0 saturated carbocycles. The van der Waals surface area contributed by atoms with E-state index in [2.05, 4.69) is 9.88 Å². The summed E-state index contributed by atoms with van der Waals surface area (Å²) in [6.07, 6.45) is 1.89. The predicted octanol–water partition coefficient (Wildman–Crippen LogP) is 0.458. The largest absolute Gasteiger partial charge is 0.392 e. The molecule has 1 aromatic heterocycles. The van der Waals surface area contributed by atoms with E-state index in [1.165, 1.54) is 0 Å². The number of aliphatic hydroxyl groups excluding tert-OH is 1. The summed E-state index contributed by atoms with van der Waals surface area (Å²) in [6, 6.07) is 3.90. The van der Waals surface area contributed by atoms with Crippen LogP contribution in [0.1, 0.15) is 18.2 Å². The number of rotatable bonds is 4. The zero-order chi connectivity index (χ0) is 14.5. The molecule has 1 aliphatic heterocycles. The summed E-state index contributed by atoms with van der Waals surface area (Å²) in [5.74, 6) is 0.160. The molecule has 1 saturated heterocycles. The van der Waals surface area contributed by atoms with Gasteiger partial charge in [0.15, 0.2) is 0 Å². The molecule has 1 N–H and O–H groups in total. The first-order valence-corrected chi connectivity index (χ1v) is 7.14. The Morgan fingerprint density at radius 2 is 2.05 bits per heavy atom. The third kappa shape index (κ3) is 4.28. The standard InChI is InChI=1S/C15H23N3O2/c1-12-3-4-14(10-16-12)9-15(20)18-7-5-17(6-8-18)11-13(2)19/h3-4,10,13,19H,5-9,11H2,1-2H3. The highest BCUT2D eigenvalue weighted by Crippen LogP contribution is 2.07. The zero-order valence-corrected chi connectivity index (χ0v) is 12.2. The maximum atomic E-state index is 12.2. The van der Waals surface area contributed by atoms with Crippen LogP contribution in [0.15, 0.2) is 18.3 Å². The van der Waals surface area contributed by atoms with E-state index in [1.807, 2.05) is 24.0 Å². The molecular formula is C15H23N3O2. The van der Waals surface area contributed by atoms with Crippen LogP contribution in [0.5, 0.6) is 0 Å². The number of amides is 1. The highest BCUT2D eigenvalue weighted by atomic mass is 16.3. The molecular weight excluding hydrogens is 254 g/mol. The topological polar surface area (TPSA) is 56.7 Å². The number of hydrogen-bond donors (Lipinski definition) is 1. The monoisotopic (exact) mass is 277 g/mol. The highest BCUT2D eigenvalue weighted by molar-refractivity contribution is 5.78. The fourth-order valence-corrected chi connectivity index (χ4v) is 2.44. The number of piperazine rings is 1. The molecule has 20 heavy (non-hydrogen) atoms. The molecule has 1 aliphatic rings. The summed E-state index contributed by atoms with van der Waals surface area (Å²) in [4.78, 5) is 20.5. The van der Waals surface area contributed by atoms with E-state index in [-0.39, 0.29) is 12.0 Å². The predicted molar refractivity (Wildman–Crippen MR) is 77.4 cm³/mol. The molecule has 110 valence electrons. The number of β-amino-alcohol motifs (C(OH)–C–C–N with tert-alkyl or cyclic N) is 1. The summed E-state index contributed by atoms with van der Waals surface area (Å²) in [7, 11) is 0. The molecule has 5 heteroatoms. The summed E-state index contributed by atoms with van der Waals surface area (Å²) in [5.41, 5.74) is 1.93. The lowest BCUT2D eigenvalue weighted by molar-refractivity contribution is -0.132. The first-order valence-electron chi connectivity index (χ1n) is 7.14. The van der Waals surface area contributed by atoms with Crippen molar-refractivity contribution in [1.29, 1.82) is 0 Å². The van der Waals surface area contributed by atoms with Gasteiger partial charge in [-0.15, -0.1) is 0 Å². The van der Waals surface area contributed by atoms with Crippen molar-refractivity contribution in [2.45, 2.75) is 26.4 Å². The molecule has 1 fully saturated rings. The van der Waals surface area contributed by atoms with Gasteiger partial charge in [-0.1, -0.05) is 6.07 Å². The van der Waals surface area contributed by atoms with E-state index in [9.17, 15) is 9.90 Å². The Balaban J connectivity index is 1.81. The fraction of sp³-hybridized carbons (Fsp3) is 0.600. The van der Waals surface area contributed by atoms with Gasteiger partial charge in [0, 0.05) is 44.6 Å². The number of aromatic nitrogens is 1. The smallest absolute Gasteiger partial charge is 0.227 e. The van der Waals surface area contributed by atoms with Crippen molar-refractivity contribution in [3.8, 4) is 0 Å². The van der Waals surface area contributed by atoms with Gasteiger partial charge in [0.2, 0.25) is 5.91 Å². The van der Waals surface area contributed by atoms with Crippen LogP contribution in [-0.4, -0.2) is 64.6 Å². The number of aryl methyl sites for hydroxylation is 1. The van der Waals surface area contributed by atoms with Gasteiger partial charge in [-0.3, -0.25) is 14.7 Å². The number of nitrogens with zero attached hydrogens (tertiary/aromatic N) is 3. The molecule has 1 atom stereocenters. The minimum absolute atomic E-state index is 0.160. The summed E-state index contributed by atoms with van der Waals surface area (Å²) >= 11 is 0. The van der Waals surface area contributed by atoms with Crippen LogP contribution in [0.25, 0.3) is 0 Å². The van der Waals surface area contributed by atoms with Crippen LogP contribution in [0.4, 0.5) is 0 Å². The SMILES string of the molecule is Cc1ccc(CC(=O)N2CCN(CC(C)O)CC2)cn1. The Labute approximate surface area is 120 Å². The van der Waals surface area contributed by atoms with Crippen molar-refractivity contribution in [2.24, 2.45) is 0 Å². The lowest BCUT2D eigenvalue weighted by Crippen LogP contribution is -2.50. The maximum Gasteiger partial charge on any atom is 0.227 e. The summed E-state index contributed by atoms with van der Waals surface area (Å²) in [6.45, 7) is 7.57. The van der Waals surface area contributed by atoms with Crippen molar-refractivity contribution in [3.05, 3.63) is 29.6 Å². The molecule has 0 bridgehead atoms. The Morgan fingerprint density at radius 3 is 2.60 bits per heavy atom. The van der Waals surface area contributed by atoms with E-state index >= 15 is 0 Å². The molecule has 5 nitrogen and oxygen atoms in total. The maximum absolute atomic E-state index is 12.2. The van der Waals surface area contributed by atoms with Crippen LogP contribution in [0.3, 0.4) is 0 Å². The zero-order valence-electron chi connectivity index (χ0n) is 12.2. The Kier molecular flexibility index (Phi) is 5.09. The van der Waals surface area contributed by atoms with Crippen molar-refractivity contribution in [1.82, 2.24) is 14.8 Å². The molecule has 1 aromatic rings. The molecule has 1 unspecified atom stereocenters. The average molecular weight is 277 g/mol. The van der Waals surface area contributed by atoms with Crippen molar-refractivity contribution in [3.63, 3.8) is 0 Å². The molecule has 0 aromatic carbocycles. The second-order valence-corrected chi connectivity index (χ2v) is 5.52. The number of pyridine rings is 1. The molecule has 0 aliphatic carbocycles. The Morgan fingerprint density at radius 1 is 1.35 bits per heavy atom. The van der Waals surface area contributed by atoms with Crippen LogP contribution < -0.4 is 0 Å².